The summed E-state index contributed by atoms with van der Waals surface area (Å²) in [6.45, 7) is 8.09. The van der Waals surface area contributed by atoms with E-state index in [1.54, 1.807) is 0 Å². The van der Waals surface area contributed by atoms with Gasteiger partial charge in [-0.3, -0.25) is 4.99 Å². The van der Waals surface area contributed by atoms with Gasteiger partial charge in [-0.15, -0.1) is 0 Å². The number of hydrogen-bond donors (Lipinski definition) is 0. The Morgan fingerprint density at radius 3 is 2.35 bits per heavy atom. The van der Waals surface area contributed by atoms with Crippen LogP contribution in [-0.2, 0) is 0 Å². The predicted molar refractivity (Wildman–Crippen MR) is 91.3 cm³/mol. The summed E-state index contributed by atoms with van der Waals surface area (Å²) >= 11 is 0. The van der Waals surface area contributed by atoms with E-state index in [1.165, 1.54) is 24.0 Å². The lowest BCUT2D eigenvalue weighted by Crippen LogP contribution is -1.91. The zero-order valence-electron chi connectivity index (χ0n) is 13.1. The highest BCUT2D eigenvalue weighted by Crippen LogP contribution is 2.34. The number of allylic oxidation sites excluding steroid dienone is 2. The maximum Gasteiger partial charge on any atom is 0.0344 e. The molecule has 0 saturated heterocycles. The van der Waals surface area contributed by atoms with Gasteiger partial charge in [-0.1, -0.05) is 61.9 Å². The molecule has 0 aliphatic heterocycles. The van der Waals surface area contributed by atoms with Gasteiger partial charge in [0.05, 0.1) is 0 Å². The molecule has 0 amide bonds. The third-order valence-corrected chi connectivity index (χ3v) is 3.34. The molecule has 0 aromatic heterocycles. The Labute approximate surface area is 124 Å². The minimum atomic E-state index is 0.907. The monoisotopic (exact) mass is 269 g/mol. The smallest absolute Gasteiger partial charge is 0.0344 e. The number of aliphatic imine (C=N–C) groups is 1. The molecule has 0 spiro atoms. The first-order valence-corrected chi connectivity index (χ1v) is 7.51. The highest BCUT2D eigenvalue weighted by molar-refractivity contribution is 5.98. The van der Waals surface area contributed by atoms with E-state index in [9.17, 15) is 0 Å². The van der Waals surface area contributed by atoms with E-state index in [4.69, 9.17) is 0 Å². The summed E-state index contributed by atoms with van der Waals surface area (Å²) in [5, 5.41) is 0. The molecule has 0 radical (unpaired) electrons. The van der Waals surface area contributed by atoms with Gasteiger partial charge in [-0.05, 0) is 43.7 Å². The maximum absolute atomic E-state index is 4.22. The van der Waals surface area contributed by atoms with Crippen LogP contribution in [-0.4, -0.2) is 12.8 Å². The minimum Gasteiger partial charge on any atom is -0.293 e. The third-order valence-electron chi connectivity index (χ3n) is 3.34. The lowest BCUT2D eigenvalue weighted by Gasteiger charge is -1.96. The molecule has 0 heterocycles. The molecule has 1 aromatic rings. The molecule has 1 aliphatic rings. The van der Waals surface area contributed by atoms with E-state index in [1.807, 2.05) is 25.2 Å². The number of nitrogens with zero attached hydrogens (tertiary/aromatic N) is 1. The van der Waals surface area contributed by atoms with Gasteiger partial charge in [-0.2, -0.15) is 0 Å². The van der Waals surface area contributed by atoms with Gasteiger partial charge in [0, 0.05) is 12.8 Å². The Morgan fingerprint density at radius 2 is 1.95 bits per heavy atom. The van der Waals surface area contributed by atoms with E-state index < -0.39 is 0 Å². The highest BCUT2D eigenvalue weighted by atomic mass is 14.7. The standard InChI is InChI=1S/C13H17N.C6H10/c1-3-7-13(14-2)11-10-12-8-5-4-6-9-12;1-5(2)6-3-4-6/h4-6,8-11H,3,7H2,1-2H3;6H,1,3-4H2,2H3/b11-10+,14-13?;. The Morgan fingerprint density at radius 1 is 1.30 bits per heavy atom. The molecule has 1 saturated carbocycles. The lowest BCUT2D eigenvalue weighted by molar-refractivity contribution is 0.993. The summed E-state index contributed by atoms with van der Waals surface area (Å²) in [4.78, 5) is 4.22. The molecule has 108 valence electrons. The Balaban J connectivity index is 0.000000276. The van der Waals surface area contributed by atoms with Crippen molar-refractivity contribution in [3.63, 3.8) is 0 Å². The van der Waals surface area contributed by atoms with Crippen LogP contribution < -0.4 is 0 Å². The third kappa shape index (κ3) is 7.08. The Kier molecular flexibility index (Phi) is 7.64. The predicted octanol–water partition coefficient (Wildman–Crippen LogP) is 5.54. The number of hydrogen-bond acceptors (Lipinski definition) is 1. The van der Waals surface area contributed by atoms with Crippen molar-refractivity contribution in [3.8, 4) is 0 Å². The molecule has 1 aliphatic carbocycles. The van der Waals surface area contributed by atoms with E-state index in [-0.39, 0.29) is 0 Å². The zero-order chi connectivity index (χ0) is 14.8. The fourth-order valence-electron chi connectivity index (χ4n) is 1.86. The van der Waals surface area contributed by atoms with Crippen LogP contribution in [0.15, 0.2) is 53.6 Å². The van der Waals surface area contributed by atoms with Gasteiger partial charge in [0.1, 0.15) is 0 Å². The van der Waals surface area contributed by atoms with Gasteiger partial charge in [0.15, 0.2) is 0 Å². The van der Waals surface area contributed by atoms with Crippen LogP contribution in [0.5, 0.6) is 0 Å². The first-order chi connectivity index (χ1) is 9.67. The molecular formula is C19H27N. The summed E-state index contributed by atoms with van der Waals surface area (Å²) < 4.78 is 0. The van der Waals surface area contributed by atoms with Crippen molar-refractivity contribution >= 4 is 11.8 Å². The van der Waals surface area contributed by atoms with Crippen molar-refractivity contribution in [2.75, 3.05) is 7.05 Å². The Bertz CT molecular complexity index is 450. The quantitative estimate of drug-likeness (QED) is 0.491. The van der Waals surface area contributed by atoms with Crippen LogP contribution in [0, 0.1) is 5.92 Å². The van der Waals surface area contributed by atoms with Crippen LogP contribution in [0.2, 0.25) is 0 Å². The van der Waals surface area contributed by atoms with E-state index in [0.717, 1.165) is 24.5 Å². The van der Waals surface area contributed by atoms with Gasteiger partial charge in [0.25, 0.3) is 0 Å². The average Bonchev–Trinajstić information content (AvgIpc) is 3.30. The van der Waals surface area contributed by atoms with E-state index in [2.05, 4.69) is 49.7 Å². The lowest BCUT2D eigenvalue weighted by atomic mass is 10.1. The van der Waals surface area contributed by atoms with Crippen LogP contribution in [0.4, 0.5) is 0 Å². The Hall–Kier alpha value is -1.63. The first-order valence-electron chi connectivity index (χ1n) is 7.51. The molecule has 1 nitrogen and oxygen atoms in total. The molecule has 0 N–H and O–H groups in total. The second-order valence-electron chi connectivity index (χ2n) is 5.33. The summed E-state index contributed by atoms with van der Waals surface area (Å²) in [7, 11) is 1.85. The van der Waals surface area contributed by atoms with Gasteiger partial charge in [0.2, 0.25) is 0 Å². The van der Waals surface area contributed by atoms with Crippen LogP contribution >= 0.6 is 0 Å². The van der Waals surface area contributed by atoms with Crippen molar-refractivity contribution in [2.45, 2.75) is 39.5 Å². The average molecular weight is 269 g/mol. The topological polar surface area (TPSA) is 12.4 Å². The maximum atomic E-state index is 4.22. The molecule has 1 aromatic carbocycles. The fraction of sp³-hybridized carbons (Fsp3) is 0.421. The molecule has 20 heavy (non-hydrogen) atoms. The van der Waals surface area contributed by atoms with Crippen LogP contribution in [0.3, 0.4) is 0 Å². The minimum absolute atomic E-state index is 0.907. The first kappa shape index (κ1) is 16.4. The molecule has 1 heteroatoms. The summed E-state index contributed by atoms with van der Waals surface area (Å²) in [5.74, 6) is 0.907. The normalized spacial score (nSPS) is 14.8. The molecule has 0 bridgehead atoms. The van der Waals surface area contributed by atoms with Crippen LogP contribution in [0.1, 0.15) is 45.1 Å². The largest absolute Gasteiger partial charge is 0.293 e. The van der Waals surface area contributed by atoms with Gasteiger partial charge in [-0.25, -0.2) is 0 Å². The zero-order valence-corrected chi connectivity index (χ0v) is 13.1. The van der Waals surface area contributed by atoms with Crippen molar-refractivity contribution in [3.05, 3.63) is 54.1 Å². The van der Waals surface area contributed by atoms with Gasteiger partial charge < -0.3 is 0 Å². The summed E-state index contributed by atoms with van der Waals surface area (Å²) in [6, 6.07) is 10.3. The molecular weight excluding hydrogens is 242 g/mol. The molecule has 0 unspecified atom stereocenters. The number of rotatable bonds is 5. The van der Waals surface area contributed by atoms with Gasteiger partial charge >= 0.3 is 0 Å². The van der Waals surface area contributed by atoms with Crippen molar-refractivity contribution < 1.29 is 0 Å². The van der Waals surface area contributed by atoms with Crippen molar-refractivity contribution in [1.29, 1.82) is 0 Å². The molecule has 0 atom stereocenters. The van der Waals surface area contributed by atoms with E-state index >= 15 is 0 Å². The second kappa shape index (κ2) is 9.30. The summed E-state index contributed by atoms with van der Waals surface area (Å²) in [5.41, 5.74) is 3.76. The molecule has 1 fully saturated rings. The van der Waals surface area contributed by atoms with Crippen molar-refractivity contribution in [2.24, 2.45) is 10.9 Å². The SMILES string of the molecule is C=C(C)C1CC1.CCCC(/C=C/c1ccccc1)=NC. The highest BCUT2D eigenvalue weighted by Gasteiger charge is 2.20. The second-order valence-corrected chi connectivity index (χ2v) is 5.33. The summed E-state index contributed by atoms with van der Waals surface area (Å²) in [6.07, 6.45) is 9.20. The number of benzene rings is 1. The molecule has 2 rings (SSSR count). The van der Waals surface area contributed by atoms with Crippen molar-refractivity contribution in [1.82, 2.24) is 0 Å². The van der Waals surface area contributed by atoms with Crippen LogP contribution in [0.25, 0.3) is 6.08 Å². The van der Waals surface area contributed by atoms with E-state index in [0.29, 0.717) is 0 Å². The fourth-order valence-corrected chi connectivity index (χ4v) is 1.86.